The minimum absolute atomic E-state index is 0.0642. The van der Waals surface area contributed by atoms with E-state index in [9.17, 15) is 9.67 Å². The minimum atomic E-state index is -3.55. The molecule has 0 saturated carbocycles. The molecular formula is C22H31O4P. The third-order valence-electron chi connectivity index (χ3n) is 4.45. The highest BCUT2D eigenvalue weighted by Crippen LogP contribution is 2.64. The van der Waals surface area contributed by atoms with E-state index in [1.807, 2.05) is 19.1 Å². The molecule has 4 nitrogen and oxygen atoms in total. The summed E-state index contributed by atoms with van der Waals surface area (Å²) in [5, 5.41) is 10.5. The molecule has 0 aromatic heterocycles. The number of hydrogen-bond acceptors (Lipinski definition) is 4. The zero-order chi connectivity index (χ0) is 20.2. The SMILES string of the molecule is CCOP(=O)(OCC)C(c1cc(C)cc(C(C)(C)C)c1)c1ccccc1O. The number of phenols is 1. The molecule has 5 heteroatoms. The van der Waals surface area contributed by atoms with Gasteiger partial charge in [-0.2, -0.15) is 0 Å². The highest BCUT2D eigenvalue weighted by molar-refractivity contribution is 7.54. The number of aromatic hydroxyl groups is 1. The first-order valence-corrected chi connectivity index (χ1v) is 11.0. The lowest BCUT2D eigenvalue weighted by atomic mass is 9.84. The molecule has 0 saturated heterocycles. The first-order chi connectivity index (χ1) is 12.6. The molecule has 148 valence electrons. The Labute approximate surface area is 163 Å². The summed E-state index contributed by atoms with van der Waals surface area (Å²) >= 11 is 0. The normalized spacial score (nSPS) is 13.6. The lowest BCUT2D eigenvalue weighted by Gasteiger charge is -2.29. The molecule has 0 bridgehead atoms. The van der Waals surface area contributed by atoms with Crippen LogP contribution in [0.1, 0.15) is 62.5 Å². The summed E-state index contributed by atoms with van der Waals surface area (Å²) in [6, 6.07) is 13.1. The van der Waals surface area contributed by atoms with Crippen LogP contribution in [-0.2, 0) is 19.0 Å². The molecule has 0 aliphatic heterocycles. The van der Waals surface area contributed by atoms with Gasteiger partial charge in [0.25, 0.3) is 0 Å². The van der Waals surface area contributed by atoms with Crippen molar-refractivity contribution >= 4 is 7.60 Å². The van der Waals surface area contributed by atoms with Gasteiger partial charge in [0, 0.05) is 5.56 Å². The Bertz CT molecular complexity index is 813. The van der Waals surface area contributed by atoms with Gasteiger partial charge in [-0.1, -0.05) is 62.7 Å². The lowest BCUT2D eigenvalue weighted by molar-refractivity contribution is 0.214. The highest BCUT2D eigenvalue weighted by Gasteiger charge is 2.40. The van der Waals surface area contributed by atoms with Crippen LogP contribution in [0.3, 0.4) is 0 Å². The van der Waals surface area contributed by atoms with Gasteiger partial charge in [-0.25, -0.2) is 0 Å². The van der Waals surface area contributed by atoms with E-state index in [1.165, 1.54) is 0 Å². The first kappa shape index (κ1) is 21.7. The van der Waals surface area contributed by atoms with Crippen molar-refractivity contribution in [1.29, 1.82) is 0 Å². The van der Waals surface area contributed by atoms with Crippen molar-refractivity contribution < 1.29 is 18.7 Å². The monoisotopic (exact) mass is 390 g/mol. The number of para-hydroxylation sites is 1. The fraction of sp³-hybridized carbons (Fsp3) is 0.455. The summed E-state index contributed by atoms with van der Waals surface area (Å²) in [6.45, 7) is 12.6. The zero-order valence-corrected chi connectivity index (χ0v) is 18.0. The molecule has 1 N–H and O–H groups in total. The predicted octanol–water partition coefficient (Wildman–Crippen LogP) is 6.35. The van der Waals surface area contributed by atoms with E-state index in [4.69, 9.17) is 9.05 Å². The first-order valence-electron chi connectivity index (χ1n) is 9.41. The van der Waals surface area contributed by atoms with Gasteiger partial charge in [0.1, 0.15) is 11.4 Å². The molecule has 1 atom stereocenters. The Morgan fingerprint density at radius 2 is 1.63 bits per heavy atom. The standard InChI is InChI=1S/C22H31O4P/c1-7-25-27(24,26-8-2)21(19-11-9-10-12-20(19)23)17-13-16(3)14-18(15-17)22(4,5)6/h9-15,21,23H,7-8H2,1-6H3. The van der Waals surface area contributed by atoms with Gasteiger partial charge in [-0.3, -0.25) is 4.57 Å². The summed E-state index contributed by atoms with van der Waals surface area (Å²) < 4.78 is 25.2. The topological polar surface area (TPSA) is 55.8 Å². The number of phenolic OH excluding ortho intramolecular Hbond substituents is 1. The van der Waals surface area contributed by atoms with Crippen LogP contribution in [0.15, 0.2) is 42.5 Å². The number of hydrogen-bond donors (Lipinski definition) is 1. The van der Waals surface area contributed by atoms with Crippen LogP contribution in [0.4, 0.5) is 0 Å². The summed E-state index contributed by atoms with van der Waals surface area (Å²) in [5.41, 5.74) is 2.82. The van der Waals surface area contributed by atoms with E-state index in [0.29, 0.717) is 5.56 Å². The van der Waals surface area contributed by atoms with Gasteiger partial charge < -0.3 is 14.2 Å². The largest absolute Gasteiger partial charge is 0.508 e. The Hall–Kier alpha value is -1.61. The Balaban J connectivity index is 2.76. The molecule has 0 aliphatic rings. The Morgan fingerprint density at radius 1 is 1.04 bits per heavy atom. The van der Waals surface area contributed by atoms with E-state index in [2.05, 4.69) is 32.9 Å². The molecule has 0 heterocycles. The van der Waals surface area contributed by atoms with Crippen molar-refractivity contribution in [3.05, 3.63) is 64.7 Å². The summed E-state index contributed by atoms with van der Waals surface area (Å²) in [4.78, 5) is 0. The van der Waals surface area contributed by atoms with E-state index >= 15 is 0 Å². The highest BCUT2D eigenvalue weighted by atomic mass is 31.2. The third kappa shape index (κ3) is 5.01. The number of benzene rings is 2. The zero-order valence-electron chi connectivity index (χ0n) is 17.2. The van der Waals surface area contributed by atoms with Gasteiger partial charge >= 0.3 is 7.60 Å². The van der Waals surface area contributed by atoms with Crippen molar-refractivity contribution in [3.8, 4) is 5.75 Å². The minimum Gasteiger partial charge on any atom is -0.508 e. The van der Waals surface area contributed by atoms with Crippen molar-refractivity contribution in [1.82, 2.24) is 0 Å². The van der Waals surface area contributed by atoms with Crippen molar-refractivity contribution in [2.24, 2.45) is 0 Å². The molecule has 0 radical (unpaired) electrons. The van der Waals surface area contributed by atoms with Crippen LogP contribution < -0.4 is 0 Å². The molecule has 0 amide bonds. The maximum Gasteiger partial charge on any atom is 0.342 e. The van der Waals surface area contributed by atoms with E-state index in [1.54, 1.807) is 32.0 Å². The van der Waals surface area contributed by atoms with Crippen molar-refractivity contribution in [2.45, 2.75) is 52.6 Å². The smallest absolute Gasteiger partial charge is 0.342 e. The van der Waals surface area contributed by atoms with E-state index < -0.39 is 13.3 Å². The van der Waals surface area contributed by atoms with E-state index in [-0.39, 0.29) is 24.4 Å². The molecular weight excluding hydrogens is 359 g/mol. The second-order valence-corrected chi connectivity index (χ2v) is 9.83. The molecule has 27 heavy (non-hydrogen) atoms. The molecule has 0 spiro atoms. The maximum atomic E-state index is 13.8. The number of aryl methyl sites for hydroxylation is 1. The van der Waals surface area contributed by atoms with Gasteiger partial charge in [0.2, 0.25) is 0 Å². The molecule has 2 rings (SSSR count). The quantitative estimate of drug-likeness (QED) is 0.559. The molecule has 1 unspecified atom stereocenters. The molecule has 0 aliphatic carbocycles. The summed E-state index contributed by atoms with van der Waals surface area (Å²) in [5.74, 6) is 0.0842. The Morgan fingerprint density at radius 3 is 2.15 bits per heavy atom. The summed E-state index contributed by atoms with van der Waals surface area (Å²) in [6.07, 6.45) is 0. The summed E-state index contributed by atoms with van der Waals surface area (Å²) in [7, 11) is -3.55. The fourth-order valence-electron chi connectivity index (χ4n) is 3.20. The third-order valence-corrected chi connectivity index (χ3v) is 6.89. The number of rotatable bonds is 7. The van der Waals surface area contributed by atoms with Gasteiger partial charge in [0.15, 0.2) is 0 Å². The van der Waals surface area contributed by atoms with Gasteiger partial charge in [-0.15, -0.1) is 0 Å². The second kappa shape index (κ2) is 8.60. The van der Waals surface area contributed by atoms with Crippen LogP contribution in [0, 0.1) is 6.92 Å². The van der Waals surface area contributed by atoms with Gasteiger partial charge in [0.05, 0.1) is 13.2 Å². The van der Waals surface area contributed by atoms with Crippen molar-refractivity contribution in [2.75, 3.05) is 13.2 Å². The average Bonchev–Trinajstić information content (AvgIpc) is 2.56. The predicted molar refractivity (Wildman–Crippen MR) is 111 cm³/mol. The van der Waals surface area contributed by atoms with Crippen molar-refractivity contribution in [3.63, 3.8) is 0 Å². The van der Waals surface area contributed by atoms with Crippen LogP contribution in [0.2, 0.25) is 0 Å². The average molecular weight is 390 g/mol. The van der Waals surface area contributed by atoms with Crippen LogP contribution in [-0.4, -0.2) is 18.3 Å². The Kier molecular flexibility index (Phi) is 6.91. The van der Waals surface area contributed by atoms with Gasteiger partial charge in [-0.05, 0) is 43.4 Å². The van der Waals surface area contributed by atoms with Crippen LogP contribution >= 0.6 is 7.60 Å². The molecule has 0 fully saturated rings. The van der Waals surface area contributed by atoms with Crippen LogP contribution in [0.5, 0.6) is 5.75 Å². The van der Waals surface area contributed by atoms with E-state index in [0.717, 1.165) is 16.7 Å². The molecule has 2 aromatic rings. The maximum absolute atomic E-state index is 13.8. The molecule has 2 aromatic carbocycles. The lowest BCUT2D eigenvalue weighted by Crippen LogP contribution is -2.14. The fourth-order valence-corrected chi connectivity index (χ4v) is 5.37. The second-order valence-electron chi connectivity index (χ2n) is 7.72. The van der Waals surface area contributed by atoms with Crippen LogP contribution in [0.25, 0.3) is 0 Å².